The van der Waals surface area contributed by atoms with Crippen LogP contribution in [0.3, 0.4) is 0 Å². The first-order chi connectivity index (χ1) is 8.41. The molecule has 0 saturated heterocycles. The van der Waals surface area contributed by atoms with Crippen molar-refractivity contribution in [3.05, 3.63) is 0 Å². The fourth-order valence-corrected chi connectivity index (χ4v) is 3.33. The number of halogens is 1. The molecule has 0 bridgehead atoms. The SMILES string of the molecule is CCCCCSCCCCCCCCCCBr. The van der Waals surface area contributed by atoms with E-state index >= 15 is 0 Å². The maximum atomic E-state index is 3.48. The lowest BCUT2D eigenvalue weighted by atomic mass is 10.1. The lowest BCUT2D eigenvalue weighted by Gasteiger charge is -2.02. The number of unbranched alkanes of at least 4 members (excludes halogenated alkanes) is 9. The fraction of sp³-hybridized carbons (Fsp3) is 1.00. The fourth-order valence-electron chi connectivity index (χ4n) is 1.92. The quantitative estimate of drug-likeness (QED) is 0.262. The number of hydrogen-bond acceptors (Lipinski definition) is 1. The van der Waals surface area contributed by atoms with Crippen LogP contribution < -0.4 is 0 Å². The van der Waals surface area contributed by atoms with Crippen molar-refractivity contribution in [1.82, 2.24) is 0 Å². The highest BCUT2D eigenvalue weighted by atomic mass is 79.9. The van der Waals surface area contributed by atoms with Crippen molar-refractivity contribution in [1.29, 1.82) is 0 Å². The van der Waals surface area contributed by atoms with E-state index in [1.807, 2.05) is 0 Å². The first kappa shape index (κ1) is 17.8. The monoisotopic (exact) mass is 322 g/mol. The molecule has 2 heteroatoms. The highest BCUT2D eigenvalue weighted by molar-refractivity contribution is 9.09. The summed E-state index contributed by atoms with van der Waals surface area (Å²) in [5.74, 6) is 2.79. The van der Waals surface area contributed by atoms with Crippen molar-refractivity contribution in [3.8, 4) is 0 Å². The van der Waals surface area contributed by atoms with E-state index < -0.39 is 0 Å². The van der Waals surface area contributed by atoms with Crippen LogP contribution >= 0.6 is 27.7 Å². The predicted molar refractivity (Wildman–Crippen MR) is 87.6 cm³/mol. The Morgan fingerprint density at radius 1 is 0.647 bits per heavy atom. The second-order valence-corrected chi connectivity index (χ2v) is 6.85. The van der Waals surface area contributed by atoms with Gasteiger partial charge in [0.1, 0.15) is 0 Å². The summed E-state index contributed by atoms with van der Waals surface area (Å²) in [6, 6.07) is 0. The summed E-state index contributed by atoms with van der Waals surface area (Å²) in [7, 11) is 0. The molecular formula is C15H31BrS. The van der Waals surface area contributed by atoms with Gasteiger partial charge >= 0.3 is 0 Å². The van der Waals surface area contributed by atoms with Gasteiger partial charge < -0.3 is 0 Å². The van der Waals surface area contributed by atoms with Crippen molar-refractivity contribution >= 4 is 27.7 Å². The van der Waals surface area contributed by atoms with Crippen molar-refractivity contribution in [2.24, 2.45) is 0 Å². The second kappa shape index (κ2) is 16.8. The third kappa shape index (κ3) is 16.8. The molecule has 0 aromatic heterocycles. The topological polar surface area (TPSA) is 0 Å². The molecule has 0 amide bonds. The van der Waals surface area contributed by atoms with E-state index in [1.165, 1.54) is 87.5 Å². The number of hydrogen-bond donors (Lipinski definition) is 0. The molecule has 104 valence electrons. The Hall–Kier alpha value is 0.830. The van der Waals surface area contributed by atoms with Crippen LogP contribution in [0.4, 0.5) is 0 Å². The van der Waals surface area contributed by atoms with E-state index in [2.05, 4.69) is 34.6 Å². The van der Waals surface area contributed by atoms with Gasteiger partial charge in [-0.15, -0.1) is 0 Å². The summed E-state index contributed by atoms with van der Waals surface area (Å²) in [4.78, 5) is 0. The first-order valence-electron chi connectivity index (χ1n) is 7.55. The molecule has 0 unspecified atom stereocenters. The van der Waals surface area contributed by atoms with Crippen molar-refractivity contribution in [2.45, 2.75) is 77.6 Å². The van der Waals surface area contributed by atoms with Crippen LogP contribution in [0.2, 0.25) is 0 Å². The molecule has 0 atom stereocenters. The van der Waals surface area contributed by atoms with Crippen molar-refractivity contribution in [2.75, 3.05) is 16.8 Å². The molecule has 0 aliphatic heterocycles. The third-order valence-corrected chi connectivity index (χ3v) is 4.78. The molecule has 0 aromatic rings. The Labute approximate surface area is 122 Å². The molecule has 0 rings (SSSR count). The highest BCUT2D eigenvalue weighted by Crippen LogP contribution is 2.12. The Kier molecular flexibility index (Phi) is 17.7. The van der Waals surface area contributed by atoms with Gasteiger partial charge in [-0.3, -0.25) is 0 Å². The summed E-state index contributed by atoms with van der Waals surface area (Å²) in [5, 5.41) is 1.18. The molecule has 17 heavy (non-hydrogen) atoms. The molecule has 0 N–H and O–H groups in total. The summed E-state index contributed by atoms with van der Waals surface area (Å²) < 4.78 is 0. The minimum atomic E-state index is 1.18. The van der Waals surface area contributed by atoms with Crippen LogP contribution in [-0.2, 0) is 0 Å². The number of thioether (sulfide) groups is 1. The Bertz CT molecular complexity index is 114. The van der Waals surface area contributed by atoms with E-state index in [0.29, 0.717) is 0 Å². The van der Waals surface area contributed by atoms with Gasteiger partial charge in [0.15, 0.2) is 0 Å². The van der Waals surface area contributed by atoms with Gasteiger partial charge in [0.05, 0.1) is 0 Å². The molecule has 0 nitrogen and oxygen atoms in total. The van der Waals surface area contributed by atoms with Crippen LogP contribution in [0.5, 0.6) is 0 Å². The average molecular weight is 323 g/mol. The van der Waals surface area contributed by atoms with Gasteiger partial charge in [-0.05, 0) is 30.8 Å². The Morgan fingerprint density at radius 2 is 1.12 bits per heavy atom. The van der Waals surface area contributed by atoms with E-state index in [9.17, 15) is 0 Å². The smallest absolute Gasteiger partial charge is 0.00313 e. The molecule has 0 fully saturated rings. The van der Waals surface area contributed by atoms with Crippen LogP contribution in [0.1, 0.15) is 77.6 Å². The zero-order chi connectivity index (χ0) is 12.6. The molecule has 0 aliphatic rings. The maximum absolute atomic E-state index is 3.48. The third-order valence-electron chi connectivity index (χ3n) is 3.06. The summed E-state index contributed by atoms with van der Waals surface area (Å²) in [5.41, 5.74) is 0. The molecule has 0 radical (unpaired) electrons. The van der Waals surface area contributed by atoms with Gasteiger partial charge in [-0.2, -0.15) is 11.8 Å². The lowest BCUT2D eigenvalue weighted by molar-refractivity contribution is 0.588. The molecule has 0 heterocycles. The Balaban J connectivity index is 2.85. The van der Waals surface area contributed by atoms with Crippen LogP contribution in [-0.4, -0.2) is 16.8 Å². The molecule has 0 aliphatic carbocycles. The largest absolute Gasteiger partial charge is 0.162 e. The lowest BCUT2D eigenvalue weighted by Crippen LogP contribution is -1.86. The number of alkyl halides is 1. The van der Waals surface area contributed by atoms with Gasteiger partial charge in [0.25, 0.3) is 0 Å². The van der Waals surface area contributed by atoms with E-state index in [-0.39, 0.29) is 0 Å². The van der Waals surface area contributed by atoms with Crippen LogP contribution in [0.15, 0.2) is 0 Å². The van der Waals surface area contributed by atoms with Gasteiger partial charge in [0, 0.05) is 5.33 Å². The Morgan fingerprint density at radius 3 is 1.65 bits per heavy atom. The molecule has 0 aromatic carbocycles. The van der Waals surface area contributed by atoms with Gasteiger partial charge in [-0.1, -0.05) is 74.2 Å². The number of rotatable bonds is 14. The molecule has 0 saturated carbocycles. The van der Waals surface area contributed by atoms with Crippen LogP contribution in [0, 0.1) is 0 Å². The normalized spacial score (nSPS) is 10.9. The van der Waals surface area contributed by atoms with Gasteiger partial charge in [-0.25, -0.2) is 0 Å². The van der Waals surface area contributed by atoms with E-state index in [4.69, 9.17) is 0 Å². The van der Waals surface area contributed by atoms with Crippen molar-refractivity contribution in [3.63, 3.8) is 0 Å². The first-order valence-corrected chi connectivity index (χ1v) is 9.83. The molecular weight excluding hydrogens is 292 g/mol. The zero-order valence-corrected chi connectivity index (χ0v) is 14.1. The maximum Gasteiger partial charge on any atom is 0.00313 e. The van der Waals surface area contributed by atoms with Crippen molar-refractivity contribution < 1.29 is 0 Å². The van der Waals surface area contributed by atoms with Gasteiger partial charge in [0.2, 0.25) is 0 Å². The van der Waals surface area contributed by atoms with Crippen LogP contribution in [0.25, 0.3) is 0 Å². The minimum absolute atomic E-state index is 1.18. The zero-order valence-electron chi connectivity index (χ0n) is 11.7. The summed E-state index contributed by atoms with van der Waals surface area (Å²) in [6.07, 6.45) is 15.7. The molecule has 0 spiro atoms. The van der Waals surface area contributed by atoms with E-state index in [1.54, 1.807) is 0 Å². The summed E-state index contributed by atoms with van der Waals surface area (Å²) in [6.45, 7) is 2.28. The second-order valence-electron chi connectivity index (χ2n) is 4.84. The average Bonchev–Trinajstić information content (AvgIpc) is 2.35. The van der Waals surface area contributed by atoms with E-state index in [0.717, 1.165) is 0 Å². The summed E-state index contributed by atoms with van der Waals surface area (Å²) >= 11 is 5.64. The predicted octanol–water partition coefficient (Wildman–Crippen LogP) is 6.43. The standard InChI is InChI=1S/C15H31BrS/c1-2-3-11-14-17-15-12-9-7-5-4-6-8-10-13-16/h2-15H2,1H3. The highest BCUT2D eigenvalue weighted by Gasteiger charge is 1.93. The minimum Gasteiger partial charge on any atom is -0.162 e.